The first-order chi connectivity index (χ1) is 10.7. The van der Waals surface area contributed by atoms with E-state index >= 15 is 0 Å². The molecule has 1 aromatic rings. The minimum atomic E-state index is 0.468. The van der Waals surface area contributed by atoms with Gasteiger partial charge in [0.25, 0.3) is 0 Å². The number of rotatable bonds is 5. The molecule has 2 N–H and O–H groups in total. The van der Waals surface area contributed by atoms with Crippen molar-refractivity contribution in [2.45, 2.75) is 38.1 Å². The highest BCUT2D eigenvalue weighted by molar-refractivity contribution is 7.80. The molecule has 0 aromatic heterocycles. The van der Waals surface area contributed by atoms with Gasteiger partial charge >= 0.3 is 0 Å². The van der Waals surface area contributed by atoms with Gasteiger partial charge in [0.15, 0.2) is 16.6 Å². The van der Waals surface area contributed by atoms with E-state index in [1.54, 1.807) is 20.4 Å². The van der Waals surface area contributed by atoms with Crippen LogP contribution in [0.2, 0.25) is 0 Å². The first kappa shape index (κ1) is 16.5. The van der Waals surface area contributed by atoms with Crippen molar-refractivity contribution in [3.63, 3.8) is 0 Å². The molecule has 1 fully saturated rings. The molecule has 6 heteroatoms. The number of benzene rings is 1. The summed E-state index contributed by atoms with van der Waals surface area (Å²) >= 11 is 5.27. The van der Waals surface area contributed by atoms with Crippen LogP contribution in [0.15, 0.2) is 23.3 Å². The van der Waals surface area contributed by atoms with E-state index < -0.39 is 0 Å². The predicted molar refractivity (Wildman–Crippen MR) is 92.9 cm³/mol. The molecule has 0 bridgehead atoms. The van der Waals surface area contributed by atoms with Crippen LogP contribution in [-0.4, -0.2) is 31.6 Å². The molecule has 1 aliphatic carbocycles. The van der Waals surface area contributed by atoms with Gasteiger partial charge < -0.3 is 14.8 Å². The van der Waals surface area contributed by atoms with Crippen LogP contribution in [0.3, 0.4) is 0 Å². The van der Waals surface area contributed by atoms with E-state index in [1.165, 1.54) is 32.1 Å². The van der Waals surface area contributed by atoms with Crippen LogP contribution in [0.4, 0.5) is 0 Å². The zero-order valence-electron chi connectivity index (χ0n) is 13.1. The standard InChI is InChI=1S/C16H23N3O2S/c1-20-14-10-6-7-12(15(14)21-2)11-17-19-16(22)18-13-8-4-3-5-9-13/h6-7,10-11,13H,3-5,8-9H2,1-2H3,(H2,18,19,22). The van der Waals surface area contributed by atoms with Crippen molar-refractivity contribution in [1.29, 1.82) is 0 Å². The Morgan fingerprint density at radius 2 is 2.00 bits per heavy atom. The summed E-state index contributed by atoms with van der Waals surface area (Å²) in [5.41, 5.74) is 3.69. The Labute approximate surface area is 137 Å². The number of hydrazone groups is 1. The average molecular weight is 321 g/mol. The topological polar surface area (TPSA) is 54.9 Å². The molecule has 2 rings (SSSR count). The second-order valence-corrected chi connectivity index (χ2v) is 5.67. The molecule has 1 aromatic carbocycles. The third-order valence-electron chi connectivity index (χ3n) is 3.74. The molecule has 1 aliphatic rings. The van der Waals surface area contributed by atoms with Crippen LogP contribution in [0.25, 0.3) is 0 Å². The Kier molecular flexibility index (Phi) is 6.45. The zero-order valence-corrected chi connectivity index (χ0v) is 13.9. The third kappa shape index (κ3) is 4.59. The van der Waals surface area contributed by atoms with Gasteiger partial charge in [-0.1, -0.05) is 25.3 Å². The van der Waals surface area contributed by atoms with Gasteiger partial charge in [-0.2, -0.15) is 5.10 Å². The molecule has 0 spiro atoms. The Balaban J connectivity index is 1.90. The number of nitrogens with one attached hydrogen (secondary N) is 2. The minimum Gasteiger partial charge on any atom is -0.493 e. The van der Waals surface area contributed by atoms with Crippen molar-refractivity contribution in [2.24, 2.45) is 5.10 Å². The fraction of sp³-hybridized carbons (Fsp3) is 0.500. The number of nitrogens with zero attached hydrogens (tertiary/aromatic N) is 1. The summed E-state index contributed by atoms with van der Waals surface area (Å²) in [6, 6.07) is 6.11. The Morgan fingerprint density at radius 1 is 1.23 bits per heavy atom. The summed E-state index contributed by atoms with van der Waals surface area (Å²) in [7, 11) is 3.22. The average Bonchev–Trinajstić information content (AvgIpc) is 2.55. The number of hydrogen-bond donors (Lipinski definition) is 2. The first-order valence-electron chi connectivity index (χ1n) is 7.55. The number of hydrogen-bond acceptors (Lipinski definition) is 4. The molecular weight excluding hydrogens is 298 g/mol. The molecule has 0 radical (unpaired) electrons. The summed E-state index contributed by atoms with van der Waals surface area (Å²) in [5, 5.41) is 8.04. The summed E-state index contributed by atoms with van der Waals surface area (Å²) in [4.78, 5) is 0. The van der Waals surface area contributed by atoms with Crippen LogP contribution in [0, 0.1) is 0 Å². The monoisotopic (exact) mass is 321 g/mol. The van der Waals surface area contributed by atoms with E-state index in [9.17, 15) is 0 Å². The Morgan fingerprint density at radius 3 is 2.68 bits per heavy atom. The molecule has 1 saturated carbocycles. The van der Waals surface area contributed by atoms with Gasteiger partial charge in [0.1, 0.15) is 0 Å². The van der Waals surface area contributed by atoms with E-state index in [2.05, 4.69) is 15.8 Å². The number of para-hydroxylation sites is 1. The minimum absolute atomic E-state index is 0.468. The van der Waals surface area contributed by atoms with Gasteiger partial charge in [0.2, 0.25) is 0 Å². The smallest absolute Gasteiger partial charge is 0.187 e. The number of ether oxygens (including phenoxy) is 2. The molecule has 0 atom stereocenters. The molecule has 0 unspecified atom stereocenters. The molecule has 0 aliphatic heterocycles. The van der Waals surface area contributed by atoms with Gasteiger partial charge in [-0.25, -0.2) is 0 Å². The summed E-state index contributed by atoms with van der Waals surface area (Å²) in [6.45, 7) is 0. The van der Waals surface area contributed by atoms with Crippen molar-refractivity contribution < 1.29 is 9.47 Å². The fourth-order valence-corrected chi connectivity index (χ4v) is 2.86. The lowest BCUT2D eigenvalue weighted by Crippen LogP contribution is -2.40. The van der Waals surface area contributed by atoms with Crippen molar-refractivity contribution in [3.05, 3.63) is 23.8 Å². The molecule has 0 amide bonds. The second-order valence-electron chi connectivity index (χ2n) is 5.26. The Hall–Kier alpha value is -1.82. The second kappa shape index (κ2) is 8.58. The van der Waals surface area contributed by atoms with E-state index in [4.69, 9.17) is 21.7 Å². The maximum atomic E-state index is 5.35. The SMILES string of the molecule is COc1cccc(C=NNC(=S)NC2CCCCC2)c1OC. The lowest BCUT2D eigenvalue weighted by molar-refractivity contribution is 0.354. The van der Waals surface area contributed by atoms with Gasteiger partial charge in [-0.15, -0.1) is 0 Å². The molecule has 5 nitrogen and oxygen atoms in total. The molecule has 22 heavy (non-hydrogen) atoms. The summed E-state index contributed by atoms with van der Waals surface area (Å²) in [5.74, 6) is 1.33. The highest BCUT2D eigenvalue weighted by atomic mass is 32.1. The largest absolute Gasteiger partial charge is 0.493 e. The number of methoxy groups -OCH3 is 2. The fourth-order valence-electron chi connectivity index (χ4n) is 2.64. The van der Waals surface area contributed by atoms with E-state index in [0.717, 1.165) is 5.56 Å². The van der Waals surface area contributed by atoms with Crippen LogP contribution in [0.5, 0.6) is 11.5 Å². The van der Waals surface area contributed by atoms with Crippen molar-refractivity contribution in [3.8, 4) is 11.5 Å². The maximum Gasteiger partial charge on any atom is 0.187 e. The molecule has 0 heterocycles. The van der Waals surface area contributed by atoms with Crippen LogP contribution in [0.1, 0.15) is 37.7 Å². The lowest BCUT2D eigenvalue weighted by atomic mass is 9.96. The highest BCUT2D eigenvalue weighted by Gasteiger charge is 2.13. The normalized spacial score (nSPS) is 15.5. The van der Waals surface area contributed by atoms with Crippen LogP contribution in [-0.2, 0) is 0 Å². The molecular formula is C16H23N3O2S. The van der Waals surface area contributed by atoms with Gasteiger partial charge in [0, 0.05) is 11.6 Å². The maximum absolute atomic E-state index is 5.35. The van der Waals surface area contributed by atoms with Gasteiger partial charge in [-0.05, 0) is 37.2 Å². The van der Waals surface area contributed by atoms with Crippen molar-refractivity contribution in [2.75, 3.05) is 14.2 Å². The molecule has 0 saturated heterocycles. The van der Waals surface area contributed by atoms with E-state index in [1.807, 2.05) is 18.2 Å². The predicted octanol–water partition coefficient (Wildman–Crippen LogP) is 2.83. The first-order valence-corrected chi connectivity index (χ1v) is 7.96. The third-order valence-corrected chi connectivity index (χ3v) is 3.95. The zero-order chi connectivity index (χ0) is 15.8. The van der Waals surface area contributed by atoms with E-state index in [-0.39, 0.29) is 0 Å². The van der Waals surface area contributed by atoms with Gasteiger partial charge in [-0.3, -0.25) is 5.43 Å². The van der Waals surface area contributed by atoms with Crippen LogP contribution < -0.4 is 20.2 Å². The van der Waals surface area contributed by atoms with Crippen molar-refractivity contribution in [1.82, 2.24) is 10.7 Å². The highest BCUT2D eigenvalue weighted by Crippen LogP contribution is 2.29. The number of thiocarbonyl (C=S) groups is 1. The lowest BCUT2D eigenvalue weighted by Gasteiger charge is -2.23. The van der Waals surface area contributed by atoms with Crippen molar-refractivity contribution >= 4 is 23.5 Å². The van der Waals surface area contributed by atoms with Crippen LogP contribution >= 0.6 is 12.2 Å². The Bertz CT molecular complexity index is 528. The summed E-state index contributed by atoms with van der Waals surface area (Å²) in [6.07, 6.45) is 7.89. The van der Waals surface area contributed by atoms with Gasteiger partial charge in [0.05, 0.1) is 20.4 Å². The quantitative estimate of drug-likeness (QED) is 0.496. The van der Waals surface area contributed by atoms with E-state index in [0.29, 0.717) is 22.7 Å². The summed E-state index contributed by atoms with van der Waals surface area (Å²) < 4.78 is 10.6. The molecule has 120 valence electrons.